The molecule has 1 rings (SSSR count). The van der Waals surface area contributed by atoms with Gasteiger partial charge in [0.05, 0.1) is 0 Å². The van der Waals surface area contributed by atoms with Gasteiger partial charge < -0.3 is 5.73 Å². The van der Waals surface area contributed by atoms with Crippen LogP contribution in [0.25, 0.3) is 0 Å². The number of nitrogens with one attached hydrogen (secondary N) is 2. The van der Waals surface area contributed by atoms with Crippen molar-refractivity contribution in [2.45, 2.75) is 51.6 Å². The van der Waals surface area contributed by atoms with Crippen LogP contribution >= 0.6 is 0 Å². The number of nitrogens with two attached hydrogens (primary N) is 1. The topological polar surface area (TPSA) is 84.2 Å². The summed E-state index contributed by atoms with van der Waals surface area (Å²) in [5.74, 6) is 0.434. The second-order valence-electron chi connectivity index (χ2n) is 4.91. The Bertz CT molecular complexity index is 295. The van der Waals surface area contributed by atoms with Crippen molar-refractivity contribution < 1.29 is 8.42 Å². The first-order valence-electron chi connectivity index (χ1n) is 5.91. The van der Waals surface area contributed by atoms with E-state index in [9.17, 15) is 8.42 Å². The molecule has 6 heteroatoms. The zero-order valence-corrected chi connectivity index (χ0v) is 10.9. The molecular weight excluding hydrogens is 226 g/mol. The Kier molecular flexibility index (Phi) is 5.17. The molecule has 16 heavy (non-hydrogen) atoms. The van der Waals surface area contributed by atoms with Gasteiger partial charge in [-0.2, -0.15) is 13.1 Å². The van der Waals surface area contributed by atoms with Gasteiger partial charge in [0.1, 0.15) is 0 Å². The predicted octanol–water partition coefficient (Wildman–Crippen LogP) is 0.336. The van der Waals surface area contributed by atoms with Gasteiger partial charge in [0.15, 0.2) is 0 Å². The average molecular weight is 249 g/mol. The van der Waals surface area contributed by atoms with Crippen LogP contribution in [0.4, 0.5) is 0 Å². The first kappa shape index (κ1) is 13.9. The van der Waals surface area contributed by atoms with Crippen LogP contribution in [0, 0.1) is 5.92 Å². The fraction of sp³-hybridized carbons (Fsp3) is 1.00. The monoisotopic (exact) mass is 249 g/mol. The van der Waals surface area contributed by atoms with Crippen molar-refractivity contribution in [2.24, 2.45) is 11.7 Å². The second-order valence-corrected chi connectivity index (χ2v) is 6.44. The molecule has 0 aromatic rings. The van der Waals surface area contributed by atoms with Gasteiger partial charge in [-0.15, -0.1) is 0 Å². The van der Waals surface area contributed by atoms with E-state index in [1.54, 1.807) is 13.8 Å². The van der Waals surface area contributed by atoms with Gasteiger partial charge >= 0.3 is 0 Å². The number of hydrogen-bond acceptors (Lipinski definition) is 3. The minimum absolute atomic E-state index is 0.0720. The zero-order chi connectivity index (χ0) is 12.2. The quantitative estimate of drug-likeness (QED) is 0.657. The third-order valence-corrected chi connectivity index (χ3v) is 4.17. The first-order chi connectivity index (χ1) is 7.39. The van der Waals surface area contributed by atoms with Crippen LogP contribution in [-0.4, -0.2) is 27.0 Å². The van der Waals surface area contributed by atoms with Gasteiger partial charge in [-0.05, 0) is 45.4 Å². The Labute approximate surface area is 98.4 Å². The summed E-state index contributed by atoms with van der Waals surface area (Å²) in [7, 11) is -3.32. The van der Waals surface area contributed by atoms with Crippen LogP contribution in [0.5, 0.6) is 0 Å². The summed E-state index contributed by atoms with van der Waals surface area (Å²) >= 11 is 0. The Balaban J connectivity index is 2.29. The van der Waals surface area contributed by atoms with Gasteiger partial charge in [0.2, 0.25) is 0 Å². The van der Waals surface area contributed by atoms with Crippen LogP contribution in [0.3, 0.4) is 0 Å². The average Bonchev–Trinajstić information content (AvgIpc) is 2.15. The molecule has 0 aliphatic heterocycles. The van der Waals surface area contributed by atoms with Crippen LogP contribution in [0.2, 0.25) is 0 Å². The van der Waals surface area contributed by atoms with Crippen molar-refractivity contribution in [3.8, 4) is 0 Å². The molecule has 0 bridgehead atoms. The predicted molar refractivity (Wildman–Crippen MR) is 65.1 cm³/mol. The molecule has 0 radical (unpaired) electrons. The molecule has 5 nitrogen and oxygen atoms in total. The van der Waals surface area contributed by atoms with E-state index >= 15 is 0 Å². The van der Waals surface area contributed by atoms with E-state index in [0.29, 0.717) is 18.5 Å². The molecule has 0 heterocycles. The fourth-order valence-electron chi connectivity index (χ4n) is 1.97. The molecule has 4 N–H and O–H groups in total. The molecule has 1 fully saturated rings. The van der Waals surface area contributed by atoms with Gasteiger partial charge in [-0.3, -0.25) is 0 Å². The van der Waals surface area contributed by atoms with Crippen molar-refractivity contribution in [2.75, 3.05) is 6.54 Å². The maximum absolute atomic E-state index is 11.5. The second kappa shape index (κ2) is 5.95. The van der Waals surface area contributed by atoms with Crippen LogP contribution in [0.15, 0.2) is 0 Å². The molecular formula is C10H23N3O2S. The standard InChI is InChI=1S/C10H23N3O2S/c1-8(2)13-16(14,15)12-7-9-3-5-10(11)6-4-9/h8-10,12-13H,3-7,11H2,1-2H3. The third kappa shape index (κ3) is 5.25. The summed E-state index contributed by atoms with van der Waals surface area (Å²) in [6.45, 7) is 4.13. The minimum atomic E-state index is -3.32. The summed E-state index contributed by atoms with van der Waals surface area (Å²) in [4.78, 5) is 0. The molecule has 0 saturated heterocycles. The largest absolute Gasteiger partial charge is 0.328 e. The highest BCUT2D eigenvalue weighted by molar-refractivity contribution is 7.87. The maximum atomic E-state index is 11.5. The number of hydrogen-bond donors (Lipinski definition) is 3. The Morgan fingerprint density at radius 2 is 1.81 bits per heavy atom. The summed E-state index contributed by atoms with van der Waals surface area (Å²) in [6, 6.07) is 0.235. The van der Waals surface area contributed by atoms with Crippen LogP contribution in [0.1, 0.15) is 39.5 Å². The highest BCUT2D eigenvalue weighted by atomic mass is 32.2. The molecule has 0 amide bonds. The smallest absolute Gasteiger partial charge is 0.277 e. The SMILES string of the molecule is CC(C)NS(=O)(=O)NCC1CCC(N)CC1. The summed E-state index contributed by atoms with van der Waals surface area (Å²) in [5.41, 5.74) is 5.79. The van der Waals surface area contributed by atoms with E-state index in [0.717, 1.165) is 25.7 Å². The lowest BCUT2D eigenvalue weighted by molar-refractivity contribution is 0.325. The lowest BCUT2D eigenvalue weighted by Crippen LogP contribution is -2.43. The molecule has 0 spiro atoms. The van der Waals surface area contributed by atoms with E-state index in [1.165, 1.54) is 0 Å². The molecule has 1 aliphatic rings. The molecule has 0 aromatic carbocycles. The van der Waals surface area contributed by atoms with Gasteiger partial charge in [0.25, 0.3) is 10.2 Å². The van der Waals surface area contributed by atoms with Gasteiger partial charge in [-0.25, -0.2) is 4.72 Å². The molecule has 1 aliphatic carbocycles. The van der Waals surface area contributed by atoms with E-state index in [4.69, 9.17) is 5.73 Å². The highest BCUT2D eigenvalue weighted by Gasteiger charge is 2.20. The summed E-state index contributed by atoms with van der Waals surface area (Å²) in [5, 5.41) is 0. The summed E-state index contributed by atoms with van der Waals surface area (Å²) < 4.78 is 28.1. The third-order valence-electron chi connectivity index (χ3n) is 2.84. The highest BCUT2D eigenvalue weighted by Crippen LogP contribution is 2.22. The molecule has 0 aromatic heterocycles. The molecule has 0 unspecified atom stereocenters. The van der Waals surface area contributed by atoms with Crippen LogP contribution in [-0.2, 0) is 10.2 Å². The maximum Gasteiger partial charge on any atom is 0.277 e. The van der Waals surface area contributed by atoms with Crippen molar-refractivity contribution in [1.29, 1.82) is 0 Å². The summed E-state index contributed by atoms with van der Waals surface area (Å²) in [6.07, 6.45) is 4.05. The van der Waals surface area contributed by atoms with E-state index in [-0.39, 0.29) is 6.04 Å². The van der Waals surface area contributed by atoms with E-state index in [2.05, 4.69) is 9.44 Å². The minimum Gasteiger partial charge on any atom is -0.328 e. The molecule has 96 valence electrons. The molecule has 1 saturated carbocycles. The lowest BCUT2D eigenvalue weighted by atomic mass is 9.87. The fourth-order valence-corrected chi connectivity index (χ4v) is 3.13. The van der Waals surface area contributed by atoms with Crippen molar-refractivity contribution in [3.63, 3.8) is 0 Å². The Hall–Kier alpha value is -0.170. The van der Waals surface area contributed by atoms with Gasteiger partial charge in [0, 0.05) is 18.6 Å². The van der Waals surface area contributed by atoms with E-state index in [1.807, 2.05) is 0 Å². The first-order valence-corrected chi connectivity index (χ1v) is 7.40. The zero-order valence-electron chi connectivity index (χ0n) is 10.1. The molecule has 0 atom stereocenters. The normalized spacial score (nSPS) is 27.2. The van der Waals surface area contributed by atoms with Crippen molar-refractivity contribution in [1.82, 2.24) is 9.44 Å². The van der Waals surface area contributed by atoms with Crippen LogP contribution < -0.4 is 15.2 Å². The Morgan fingerprint density at radius 3 is 2.31 bits per heavy atom. The van der Waals surface area contributed by atoms with Gasteiger partial charge in [-0.1, -0.05) is 0 Å². The van der Waals surface area contributed by atoms with Crippen molar-refractivity contribution >= 4 is 10.2 Å². The number of rotatable bonds is 5. The Morgan fingerprint density at radius 1 is 1.25 bits per heavy atom. The lowest BCUT2D eigenvalue weighted by Gasteiger charge is -2.26. The van der Waals surface area contributed by atoms with Crippen molar-refractivity contribution in [3.05, 3.63) is 0 Å². The van der Waals surface area contributed by atoms with E-state index < -0.39 is 10.2 Å².